The number of aromatic amines is 1. The minimum absolute atomic E-state index is 0.434. The average molecular weight is 163 g/mol. The fourth-order valence-electron chi connectivity index (χ4n) is 1.15. The van der Waals surface area contributed by atoms with Crippen molar-refractivity contribution in [2.24, 2.45) is 5.73 Å². The topological polar surface area (TPSA) is 93.6 Å². The van der Waals surface area contributed by atoms with Crippen LogP contribution in [0.15, 0.2) is 12.3 Å². The molecule has 0 amide bonds. The Hall–Kier alpha value is -1.62. The number of nitrogens with zero attached hydrogens (tertiary/aromatic N) is 2. The number of H-pyrrole nitrogens is 1. The molecule has 0 aromatic carbocycles. The van der Waals surface area contributed by atoms with Crippen LogP contribution in [0.3, 0.4) is 0 Å². The average Bonchev–Trinajstić information content (AvgIpc) is 2.49. The third-order valence-electron chi connectivity index (χ3n) is 1.75. The third kappa shape index (κ3) is 0.911. The summed E-state index contributed by atoms with van der Waals surface area (Å²) in [7, 11) is 0. The Labute approximate surface area is 68.8 Å². The third-order valence-corrected chi connectivity index (χ3v) is 1.75. The van der Waals surface area contributed by atoms with Crippen LogP contribution < -0.4 is 11.5 Å². The highest BCUT2D eigenvalue weighted by molar-refractivity contribution is 5.88. The van der Waals surface area contributed by atoms with Gasteiger partial charge >= 0.3 is 0 Å². The molecule has 0 bridgehead atoms. The zero-order valence-electron chi connectivity index (χ0n) is 6.41. The van der Waals surface area contributed by atoms with Crippen molar-refractivity contribution in [1.82, 2.24) is 15.2 Å². The second kappa shape index (κ2) is 2.46. The SMILES string of the molecule is NCc1cc2c(N)nncc2[nH]1. The number of fused-ring (bicyclic) bond motifs is 1. The molecule has 12 heavy (non-hydrogen) atoms. The summed E-state index contributed by atoms with van der Waals surface area (Å²) in [6, 6.07) is 1.89. The number of rotatable bonds is 1. The molecule has 2 aromatic rings. The molecule has 0 radical (unpaired) electrons. The molecule has 0 aliphatic rings. The molecule has 62 valence electrons. The van der Waals surface area contributed by atoms with E-state index < -0.39 is 0 Å². The van der Waals surface area contributed by atoms with E-state index in [0.717, 1.165) is 16.6 Å². The van der Waals surface area contributed by atoms with Crippen LogP contribution in [0.4, 0.5) is 5.82 Å². The molecule has 0 atom stereocenters. The molecule has 2 aromatic heterocycles. The van der Waals surface area contributed by atoms with Crippen molar-refractivity contribution in [1.29, 1.82) is 0 Å². The van der Waals surface area contributed by atoms with E-state index in [0.29, 0.717) is 12.4 Å². The van der Waals surface area contributed by atoms with E-state index in [9.17, 15) is 0 Å². The summed E-state index contributed by atoms with van der Waals surface area (Å²) >= 11 is 0. The highest BCUT2D eigenvalue weighted by Gasteiger charge is 2.02. The van der Waals surface area contributed by atoms with E-state index in [1.54, 1.807) is 6.20 Å². The molecule has 0 fully saturated rings. The Bertz CT molecular complexity index is 405. The maximum absolute atomic E-state index is 5.59. The Balaban J connectivity index is 2.74. The van der Waals surface area contributed by atoms with Gasteiger partial charge in [-0.15, -0.1) is 5.10 Å². The van der Waals surface area contributed by atoms with E-state index in [4.69, 9.17) is 11.5 Å². The second-order valence-corrected chi connectivity index (χ2v) is 2.56. The molecular weight excluding hydrogens is 154 g/mol. The standard InChI is InChI=1S/C7H9N5/c8-2-4-1-5-6(11-4)3-10-12-7(5)9/h1,3,11H,2,8H2,(H2,9,12). The minimum Gasteiger partial charge on any atom is -0.382 e. The number of nitrogens with one attached hydrogen (secondary N) is 1. The first-order chi connectivity index (χ1) is 5.81. The smallest absolute Gasteiger partial charge is 0.155 e. The Morgan fingerprint density at radius 1 is 1.50 bits per heavy atom. The molecule has 2 rings (SSSR count). The van der Waals surface area contributed by atoms with E-state index in [2.05, 4.69) is 15.2 Å². The van der Waals surface area contributed by atoms with Crippen molar-refractivity contribution in [2.75, 3.05) is 5.73 Å². The number of hydrogen-bond acceptors (Lipinski definition) is 4. The van der Waals surface area contributed by atoms with Crippen molar-refractivity contribution < 1.29 is 0 Å². The maximum atomic E-state index is 5.59. The van der Waals surface area contributed by atoms with Crippen LogP contribution in [-0.4, -0.2) is 15.2 Å². The summed E-state index contributed by atoms with van der Waals surface area (Å²) in [4.78, 5) is 3.08. The zero-order chi connectivity index (χ0) is 8.55. The van der Waals surface area contributed by atoms with Crippen LogP contribution in [0, 0.1) is 0 Å². The molecular formula is C7H9N5. The van der Waals surface area contributed by atoms with E-state index in [-0.39, 0.29) is 0 Å². The monoisotopic (exact) mass is 163 g/mol. The molecule has 0 spiro atoms. The summed E-state index contributed by atoms with van der Waals surface area (Å²) in [5.74, 6) is 0.434. The molecule has 0 saturated heterocycles. The normalized spacial score (nSPS) is 10.8. The van der Waals surface area contributed by atoms with E-state index >= 15 is 0 Å². The van der Waals surface area contributed by atoms with E-state index in [1.165, 1.54) is 0 Å². The Morgan fingerprint density at radius 2 is 2.33 bits per heavy atom. The van der Waals surface area contributed by atoms with Crippen molar-refractivity contribution in [3.8, 4) is 0 Å². The van der Waals surface area contributed by atoms with Crippen molar-refractivity contribution in [3.05, 3.63) is 18.0 Å². The van der Waals surface area contributed by atoms with Gasteiger partial charge in [-0.3, -0.25) is 0 Å². The minimum atomic E-state index is 0.434. The van der Waals surface area contributed by atoms with Gasteiger partial charge < -0.3 is 16.5 Å². The fraction of sp³-hybridized carbons (Fsp3) is 0.143. The van der Waals surface area contributed by atoms with Crippen LogP contribution >= 0.6 is 0 Å². The van der Waals surface area contributed by atoms with Crippen LogP contribution in [-0.2, 0) is 6.54 Å². The molecule has 5 N–H and O–H groups in total. The Kier molecular flexibility index (Phi) is 1.44. The van der Waals surface area contributed by atoms with Gasteiger partial charge in [-0.05, 0) is 6.07 Å². The lowest BCUT2D eigenvalue weighted by atomic mass is 10.3. The van der Waals surface area contributed by atoms with Gasteiger partial charge in [0.2, 0.25) is 0 Å². The number of nitrogen functional groups attached to an aromatic ring is 1. The number of nitrogens with two attached hydrogens (primary N) is 2. The molecule has 2 heterocycles. The first kappa shape index (κ1) is 7.05. The number of aromatic nitrogens is 3. The van der Waals surface area contributed by atoms with E-state index in [1.807, 2.05) is 6.07 Å². The summed E-state index contributed by atoms with van der Waals surface area (Å²) in [6.07, 6.45) is 1.63. The van der Waals surface area contributed by atoms with Crippen molar-refractivity contribution >= 4 is 16.7 Å². The summed E-state index contributed by atoms with van der Waals surface area (Å²) in [6.45, 7) is 0.466. The predicted molar refractivity (Wildman–Crippen MR) is 46.2 cm³/mol. The molecule has 0 unspecified atom stereocenters. The molecule has 0 saturated carbocycles. The van der Waals surface area contributed by atoms with Gasteiger partial charge in [-0.2, -0.15) is 5.10 Å². The van der Waals surface area contributed by atoms with Gasteiger partial charge in [-0.1, -0.05) is 0 Å². The fourth-order valence-corrected chi connectivity index (χ4v) is 1.15. The number of anilines is 1. The van der Waals surface area contributed by atoms with Gasteiger partial charge in [0.05, 0.1) is 11.7 Å². The summed E-state index contributed by atoms with van der Waals surface area (Å²) < 4.78 is 0. The summed E-state index contributed by atoms with van der Waals surface area (Å²) in [5, 5.41) is 8.31. The molecule has 0 aliphatic heterocycles. The first-order valence-electron chi connectivity index (χ1n) is 3.60. The lowest BCUT2D eigenvalue weighted by Gasteiger charge is -1.89. The van der Waals surface area contributed by atoms with Crippen LogP contribution in [0.2, 0.25) is 0 Å². The lowest BCUT2D eigenvalue weighted by Crippen LogP contribution is -1.94. The van der Waals surface area contributed by atoms with Gasteiger partial charge in [0.15, 0.2) is 5.82 Å². The van der Waals surface area contributed by atoms with Gasteiger partial charge in [-0.25, -0.2) is 0 Å². The highest BCUT2D eigenvalue weighted by atomic mass is 15.1. The first-order valence-corrected chi connectivity index (χ1v) is 3.60. The quantitative estimate of drug-likeness (QED) is 0.551. The van der Waals surface area contributed by atoms with Crippen molar-refractivity contribution in [2.45, 2.75) is 6.54 Å². The lowest BCUT2D eigenvalue weighted by molar-refractivity contribution is 1.02. The predicted octanol–water partition coefficient (Wildman–Crippen LogP) is -0.00120. The molecule has 0 aliphatic carbocycles. The van der Waals surface area contributed by atoms with Crippen LogP contribution in [0.1, 0.15) is 5.69 Å². The number of hydrogen-bond donors (Lipinski definition) is 3. The Morgan fingerprint density at radius 3 is 3.00 bits per heavy atom. The van der Waals surface area contributed by atoms with Crippen LogP contribution in [0.5, 0.6) is 0 Å². The second-order valence-electron chi connectivity index (χ2n) is 2.56. The van der Waals surface area contributed by atoms with Crippen LogP contribution in [0.25, 0.3) is 10.9 Å². The van der Waals surface area contributed by atoms with Gasteiger partial charge in [0, 0.05) is 17.6 Å². The highest BCUT2D eigenvalue weighted by Crippen LogP contribution is 2.17. The zero-order valence-corrected chi connectivity index (χ0v) is 6.41. The maximum Gasteiger partial charge on any atom is 0.155 e. The molecule has 5 heteroatoms. The van der Waals surface area contributed by atoms with Gasteiger partial charge in [0.1, 0.15) is 0 Å². The summed E-state index contributed by atoms with van der Waals surface area (Å²) in [5.41, 5.74) is 12.9. The molecule has 5 nitrogen and oxygen atoms in total. The largest absolute Gasteiger partial charge is 0.382 e. The van der Waals surface area contributed by atoms with Crippen molar-refractivity contribution in [3.63, 3.8) is 0 Å². The van der Waals surface area contributed by atoms with Gasteiger partial charge in [0.25, 0.3) is 0 Å².